The third kappa shape index (κ3) is 5.08. The van der Waals surface area contributed by atoms with Crippen molar-refractivity contribution >= 4 is 21.6 Å². The second-order valence-electron chi connectivity index (χ2n) is 6.97. The van der Waals surface area contributed by atoms with Crippen LogP contribution in [-0.4, -0.2) is 31.6 Å². The molecule has 1 aliphatic rings. The van der Waals surface area contributed by atoms with Gasteiger partial charge in [0, 0.05) is 17.3 Å². The molecule has 2 aromatic rings. The highest BCUT2D eigenvalue weighted by Gasteiger charge is 2.21. The Balaban J connectivity index is 1.65. The van der Waals surface area contributed by atoms with Gasteiger partial charge in [0.05, 0.1) is 11.0 Å². The summed E-state index contributed by atoms with van der Waals surface area (Å²) in [6.45, 7) is 1.93. The van der Waals surface area contributed by atoms with Crippen LogP contribution in [0.5, 0.6) is 0 Å². The van der Waals surface area contributed by atoms with Gasteiger partial charge in [-0.05, 0) is 69.0 Å². The summed E-state index contributed by atoms with van der Waals surface area (Å²) in [6, 6.07) is 13.0. The van der Waals surface area contributed by atoms with E-state index in [-0.39, 0.29) is 22.9 Å². The normalized spacial score (nSPS) is 20.1. The van der Waals surface area contributed by atoms with Crippen molar-refractivity contribution in [2.24, 2.45) is 0 Å². The van der Waals surface area contributed by atoms with Crippen molar-refractivity contribution in [3.8, 4) is 0 Å². The number of nitrogens with one attached hydrogen (secondary N) is 2. The molecule has 0 aliphatic heterocycles. The van der Waals surface area contributed by atoms with Crippen molar-refractivity contribution in [1.29, 1.82) is 0 Å². The van der Waals surface area contributed by atoms with Crippen LogP contribution in [0, 0.1) is 6.92 Å². The Labute approximate surface area is 159 Å². The van der Waals surface area contributed by atoms with Gasteiger partial charge in [0.15, 0.2) is 0 Å². The number of aliphatic hydroxyl groups excluding tert-OH is 1. The van der Waals surface area contributed by atoms with Crippen molar-refractivity contribution in [3.05, 3.63) is 59.7 Å². The molecule has 0 saturated heterocycles. The number of benzene rings is 2. The fourth-order valence-corrected chi connectivity index (χ4v) is 4.17. The van der Waals surface area contributed by atoms with Gasteiger partial charge in [-0.1, -0.05) is 17.7 Å². The first-order valence-corrected chi connectivity index (χ1v) is 10.5. The standard InChI is InChI=1S/C20H24N2O4S/c1-14-2-6-17(7-3-14)22-27(25,26)19-12-4-15(5-13-19)20(24)21-16-8-10-18(23)11-9-16/h2-7,12-13,16,18,22-23H,8-11H2,1H3,(H,21,24). The van der Waals surface area contributed by atoms with Crippen LogP contribution in [0.4, 0.5) is 5.69 Å². The Hall–Kier alpha value is -2.38. The lowest BCUT2D eigenvalue weighted by Gasteiger charge is -2.26. The Morgan fingerprint density at radius 3 is 2.15 bits per heavy atom. The molecule has 0 radical (unpaired) electrons. The summed E-state index contributed by atoms with van der Waals surface area (Å²) in [5.41, 5.74) is 1.94. The molecule has 1 amide bonds. The number of aryl methyl sites for hydroxylation is 1. The van der Waals surface area contributed by atoms with Crippen molar-refractivity contribution < 1.29 is 18.3 Å². The van der Waals surface area contributed by atoms with E-state index < -0.39 is 10.0 Å². The molecular weight excluding hydrogens is 364 g/mol. The Morgan fingerprint density at radius 1 is 0.963 bits per heavy atom. The van der Waals surface area contributed by atoms with Crippen LogP contribution < -0.4 is 10.0 Å². The summed E-state index contributed by atoms with van der Waals surface area (Å²) >= 11 is 0. The SMILES string of the molecule is Cc1ccc(NS(=O)(=O)c2ccc(C(=O)NC3CCC(O)CC3)cc2)cc1. The van der Waals surface area contributed by atoms with Crippen LogP contribution in [0.25, 0.3) is 0 Å². The topological polar surface area (TPSA) is 95.5 Å². The minimum atomic E-state index is -3.71. The molecule has 1 aliphatic carbocycles. The first-order valence-electron chi connectivity index (χ1n) is 9.02. The van der Waals surface area contributed by atoms with E-state index in [1.165, 1.54) is 24.3 Å². The zero-order valence-corrected chi connectivity index (χ0v) is 16.0. The Kier molecular flexibility index (Phi) is 5.82. The van der Waals surface area contributed by atoms with Crippen LogP contribution in [-0.2, 0) is 10.0 Å². The van der Waals surface area contributed by atoms with Gasteiger partial charge in [0.2, 0.25) is 0 Å². The molecule has 1 fully saturated rings. The fourth-order valence-electron chi connectivity index (χ4n) is 3.11. The average molecular weight is 388 g/mol. The highest BCUT2D eigenvalue weighted by molar-refractivity contribution is 7.92. The van der Waals surface area contributed by atoms with Crippen LogP contribution >= 0.6 is 0 Å². The van der Waals surface area contributed by atoms with E-state index in [4.69, 9.17) is 0 Å². The molecule has 6 nitrogen and oxygen atoms in total. The first kappa shape index (κ1) is 19.4. The maximum atomic E-state index is 12.5. The number of aliphatic hydroxyl groups is 1. The fraction of sp³-hybridized carbons (Fsp3) is 0.350. The molecule has 0 spiro atoms. The summed E-state index contributed by atoms with van der Waals surface area (Å²) in [5.74, 6) is -0.230. The number of hydrogen-bond acceptors (Lipinski definition) is 4. The van der Waals surface area contributed by atoms with Crippen molar-refractivity contribution in [1.82, 2.24) is 5.32 Å². The minimum Gasteiger partial charge on any atom is -0.393 e. The van der Waals surface area contributed by atoms with Gasteiger partial charge in [0.1, 0.15) is 0 Å². The molecule has 7 heteroatoms. The van der Waals surface area contributed by atoms with Gasteiger partial charge in [-0.3, -0.25) is 9.52 Å². The van der Waals surface area contributed by atoms with Gasteiger partial charge in [0.25, 0.3) is 15.9 Å². The number of hydrogen-bond donors (Lipinski definition) is 3. The van der Waals surface area contributed by atoms with Gasteiger partial charge in [-0.15, -0.1) is 0 Å². The first-order chi connectivity index (χ1) is 12.8. The lowest BCUT2D eigenvalue weighted by molar-refractivity contribution is 0.0867. The van der Waals surface area contributed by atoms with E-state index in [0.29, 0.717) is 24.1 Å². The Bertz CT molecular complexity index is 885. The van der Waals surface area contributed by atoms with E-state index in [2.05, 4.69) is 10.0 Å². The molecule has 0 aromatic heterocycles. The molecular formula is C20H24N2O4S. The lowest BCUT2D eigenvalue weighted by Crippen LogP contribution is -2.38. The Morgan fingerprint density at radius 2 is 1.56 bits per heavy atom. The smallest absolute Gasteiger partial charge is 0.261 e. The summed E-state index contributed by atoms with van der Waals surface area (Å²) in [4.78, 5) is 12.4. The van der Waals surface area contributed by atoms with Crippen molar-refractivity contribution in [2.45, 2.75) is 49.6 Å². The van der Waals surface area contributed by atoms with E-state index in [1.807, 2.05) is 19.1 Å². The maximum Gasteiger partial charge on any atom is 0.261 e. The molecule has 0 unspecified atom stereocenters. The molecule has 0 atom stereocenters. The third-order valence-corrected chi connectivity index (χ3v) is 6.16. The van der Waals surface area contributed by atoms with Crippen LogP contribution in [0.2, 0.25) is 0 Å². The number of sulfonamides is 1. The molecule has 3 rings (SSSR count). The van der Waals surface area contributed by atoms with Crippen LogP contribution in [0.15, 0.2) is 53.4 Å². The van der Waals surface area contributed by atoms with E-state index in [1.54, 1.807) is 12.1 Å². The third-order valence-electron chi connectivity index (χ3n) is 4.76. The minimum absolute atomic E-state index is 0.0486. The highest BCUT2D eigenvalue weighted by atomic mass is 32.2. The van der Waals surface area contributed by atoms with Gasteiger partial charge >= 0.3 is 0 Å². The van der Waals surface area contributed by atoms with Crippen LogP contribution in [0.3, 0.4) is 0 Å². The number of amides is 1. The number of carbonyl (C=O) groups is 1. The monoisotopic (exact) mass is 388 g/mol. The van der Waals surface area contributed by atoms with E-state index in [9.17, 15) is 18.3 Å². The maximum absolute atomic E-state index is 12.5. The quantitative estimate of drug-likeness (QED) is 0.734. The lowest BCUT2D eigenvalue weighted by atomic mass is 9.93. The summed E-state index contributed by atoms with van der Waals surface area (Å²) < 4.78 is 27.5. The summed E-state index contributed by atoms with van der Waals surface area (Å²) in [6.07, 6.45) is 2.60. The van der Waals surface area contributed by atoms with Crippen molar-refractivity contribution in [3.63, 3.8) is 0 Å². The molecule has 2 aromatic carbocycles. The number of rotatable bonds is 5. The predicted molar refractivity (Wildman–Crippen MR) is 104 cm³/mol. The van der Waals surface area contributed by atoms with E-state index >= 15 is 0 Å². The van der Waals surface area contributed by atoms with E-state index in [0.717, 1.165) is 18.4 Å². The molecule has 1 saturated carbocycles. The molecule has 0 bridgehead atoms. The number of carbonyl (C=O) groups excluding carboxylic acids is 1. The summed E-state index contributed by atoms with van der Waals surface area (Å²) in [7, 11) is -3.71. The second kappa shape index (κ2) is 8.10. The van der Waals surface area contributed by atoms with Gasteiger partial charge < -0.3 is 10.4 Å². The van der Waals surface area contributed by atoms with Gasteiger partial charge in [-0.25, -0.2) is 8.42 Å². The molecule has 0 heterocycles. The van der Waals surface area contributed by atoms with Gasteiger partial charge in [-0.2, -0.15) is 0 Å². The summed E-state index contributed by atoms with van der Waals surface area (Å²) in [5, 5.41) is 12.5. The molecule has 27 heavy (non-hydrogen) atoms. The zero-order valence-electron chi connectivity index (χ0n) is 15.2. The average Bonchev–Trinajstić information content (AvgIpc) is 2.65. The van der Waals surface area contributed by atoms with Crippen LogP contribution in [0.1, 0.15) is 41.6 Å². The largest absolute Gasteiger partial charge is 0.393 e. The molecule has 144 valence electrons. The molecule has 3 N–H and O–H groups in total. The highest BCUT2D eigenvalue weighted by Crippen LogP contribution is 2.20. The number of anilines is 1. The zero-order chi connectivity index (χ0) is 19.4. The predicted octanol–water partition coefficient (Wildman–Crippen LogP) is 2.83. The van der Waals surface area contributed by atoms with Crippen molar-refractivity contribution in [2.75, 3.05) is 4.72 Å². The second-order valence-corrected chi connectivity index (χ2v) is 8.66.